The minimum Gasteiger partial charge on any atom is -0.198 e. The Bertz CT molecular complexity index is 684. The first-order valence-corrected chi connectivity index (χ1v) is 8.34. The lowest BCUT2D eigenvalue weighted by atomic mass is 10.1. The van der Waals surface area contributed by atoms with Gasteiger partial charge in [-0.1, -0.05) is 91.0 Å². The zero-order valence-electron chi connectivity index (χ0n) is 14.1. The van der Waals surface area contributed by atoms with Crippen LogP contribution in [0.1, 0.15) is 16.7 Å². The van der Waals surface area contributed by atoms with E-state index in [2.05, 4.69) is 92.0 Å². The summed E-state index contributed by atoms with van der Waals surface area (Å²) in [7, 11) is 2.16. The summed E-state index contributed by atoms with van der Waals surface area (Å²) in [5, 5.41) is 0. The molecule has 0 unspecified atom stereocenters. The van der Waals surface area contributed by atoms with E-state index >= 15 is 0 Å². The van der Waals surface area contributed by atoms with Gasteiger partial charge < -0.3 is 0 Å². The first-order valence-electron chi connectivity index (χ1n) is 8.34. The van der Waals surface area contributed by atoms with E-state index in [9.17, 15) is 0 Å². The number of benzene rings is 3. The van der Waals surface area contributed by atoms with Crippen LogP contribution in [0.25, 0.3) is 0 Å². The van der Waals surface area contributed by atoms with Crippen LogP contribution in [0.3, 0.4) is 0 Å². The van der Waals surface area contributed by atoms with Gasteiger partial charge in [0.25, 0.3) is 0 Å². The molecular weight excluding hydrogens is 294 g/mol. The van der Waals surface area contributed by atoms with Gasteiger partial charge in [-0.25, -0.2) is 0 Å². The van der Waals surface area contributed by atoms with Crippen molar-refractivity contribution in [2.45, 2.75) is 19.7 Å². The Morgan fingerprint density at radius 2 is 0.958 bits per heavy atom. The van der Waals surface area contributed by atoms with Crippen molar-refractivity contribution in [1.29, 1.82) is 0 Å². The Morgan fingerprint density at radius 1 is 0.583 bits per heavy atom. The van der Waals surface area contributed by atoms with E-state index in [1.807, 2.05) is 6.07 Å². The van der Waals surface area contributed by atoms with Crippen molar-refractivity contribution in [2.24, 2.45) is 0 Å². The van der Waals surface area contributed by atoms with Gasteiger partial charge >= 0.3 is 0 Å². The fraction of sp³-hybridized carbons (Fsp3) is 0.182. The Morgan fingerprint density at radius 3 is 1.38 bits per heavy atom. The SMILES string of the molecule is C[N+](Cc1ccccc1)(Cc1ccccc1)OCc1ccccc1. The molecule has 0 aliphatic heterocycles. The molecule has 0 saturated heterocycles. The summed E-state index contributed by atoms with van der Waals surface area (Å²) in [5.74, 6) is 0. The Labute approximate surface area is 144 Å². The van der Waals surface area contributed by atoms with E-state index in [-0.39, 0.29) is 0 Å². The van der Waals surface area contributed by atoms with Crippen LogP contribution < -0.4 is 0 Å². The van der Waals surface area contributed by atoms with Gasteiger partial charge in [0.05, 0.1) is 7.05 Å². The zero-order chi connectivity index (χ0) is 16.7. The lowest BCUT2D eigenvalue weighted by Crippen LogP contribution is -2.42. The summed E-state index contributed by atoms with van der Waals surface area (Å²) in [6.45, 7) is 2.28. The number of hydroxylamine groups is 3. The molecule has 3 rings (SSSR count). The molecule has 24 heavy (non-hydrogen) atoms. The van der Waals surface area contributed by atoms with Crippen molar-refractivity contribution < 1.29 is 9.48 Å². The summed E-state index contributed by atoms with van der Waals surface area (Å²) in [6.07, 6.45) is 0. The normalized spacial score (nSPS) is 11.4. The van der Waals surface area contributed by atoms with Crippen LogP contribution in [0, 0.1) is 0 Å². The van der Waals surface area contributed by atoms with E-state index in [0.29, 0.717) is 11.3 Å². The van der Waals surface area contributed by atoms with Crippen molar-refractivity contribution in [3.63, 3.8) is 0 Å². The topological polar surface area (TPSA) is 9.23 Å². The lowest BCUT2D eigenvalue weighted by molar-refractivity contribution is -1.12. The van der Waals surface area contributed by atoms with Crippen LogP contribution >= 0.6 is 0 Å². The van der Waals surface area contributed by atoms with Gasteiger partial charge in [0.2, 0.25) is 0 Å². The van der Waals surface area contributed by atoms with Gasteiger partial charge in [-0.05, 0) is 5.56 Å². The number of quaternary nitrogens is 1. The van der Waals surface area contributed by atoms with Gasteiger partial charge in [0.1, 0.15) is 19.7 Å². The first-order chi connectivity index (χ1) is 11.7. The molecule has 0 saturated carbocycles. The highest BCUT2D eigenvalue weighted by molar-refractivity contribution is 5.15. The van der Waals surface area contributed by atoms with Gasteiger partial charge in [0.15, 0.2) is 0 Å². The molecule has 122 valence electrons. The summed E-state index contributed by atoms with van der Waals surface area (Å²) in [4.78, 5) is 6.36. The predicted molar refractivity (Wildman–Crippen MR) is 97.7 cm³/mol. The van der Waals surface area contributed by atoms with Crippen molar-refractivity contribution in [3.8, 4) is 0 Å². The molecule has 0 spiro atoms. The minimum atomic E-state index is 0.517. The maximum atomic E-state index is 6.36. The predicted octanol–water partition coefficient (Wildman–Crippen LogP) is 4.97. The molecular formula is C22H24NO+. The zero-order valence-corrected chi connectivity index (χ0v) is 14.1. The van der Waals surface area contributed by atoms with Gasteiger partial charge in [-0.15, -0.1) is 0 Å². The van der Waals surface area contributed by atoms with Crippen molar-refractivity contribution in [3.05, 3.63) is 108 Å². The fourth-order valence-corrected chi connectivity index (χ4v) is 2.89. The molecule has 0 radical (unpaired) electrons. The molecule has 0 fully saturated rings. The van der Waals surface area contributed by atoms with Gasteiger partial charge in [-0.3, -0.25) is 0 Å². The summed E-state index contributed by atoms with van der Waals surface area (Å²) in [5.41, 5.74) is 3.76. The van der Waals surface area contributed by atoms with Crippen molar-refractivity contribution >= 4 is 0 Å². The standard InChI is InChI=1S/C22H24NO/c1-23(17-20-11-5-2-6-12-20,18-21-13-7-3-8-14-21)24-19-22-15-9-4-10-16-22/h2-16H,17-19H2,1H3/q+1. The maximum Gasteiger partial charge on any atom is 0.134 e. The van der Waals surface area contributed by atoms with Crippen LogP contribution in [-0.2, 0) is 24.5 Å². The Hall–Kier alpha value is -2.42. The first kappa shape index (κ1) is 16.4. The van der Waals surface area contributed by atoms with E-state index in [4.69, 9.17) is 4.84 Å². The lowest BCUT2D eigenvalue weighted by Gasteiger charge is -2.32. The Balaban J connectivity index is 1.76. The fourth-order valence-electron chi connectivity index (χ4n) is 2.89. The second-order valence-electron chi connectivity index (χ2n) is 6.34. The van der Waals surface area contributed by atoms with E-state index in [1.54, 1.807) is 0 Å². The number of hydrogen-bond acceptors (Lipinski definition) is 1. The third-order valence-corrected chi connectivity index (χ3v) is 4.11. The Kier molecular flexibility index (Phi) is 5.42. The van der Waals surface area contributed by atoms with Crippen LogP contribution in [0.4, 0.5) is 0 Å². The molecule has 0 aromatic heterocycles. The maximum absolute atomic E-state index is 6.36. The second-order valence-corrected chi connectivity index (χ2v) is 6.34. The number of hydrogen-bond donors (Lipinski definition) is 0. The van der Waals surface area contributed by atoms with Crippen molar-refractivity contribution in [1.82, 2.24) is 0 Å². The third kappa shape index (κ3) is 4.79. The minimum absolute atomic E-state index is 0.517. The van der Waals surface area contributed by atoms with Gasteiger partial charge in [-0.2, -0.15) is 9.48 Å². The highest BCUT2D eigenvalue weighted by Crippen LogP contribution is 2.20. The quantitative estimate of drug-likeness (QED) is 0.442. The molecule has 0 atom stereocenters. The van der Waals surface area contributed by atoms with Crippen molar-refractivity contribution in [2.75, 3.05) is 7.05 Å². The second kappa shape index (κ2) is 7.91. The van der Waals surface area contributed by atoms with Crippen LogP contribution in [0.15, 0.2) is 91.0 Å². The largest absolute Gasteiger partial charge is 0.198 e. The summed E-state index contributed by atoms with van der Waals surface area (Å²) < 4.78 is 0.517. The number of rotatable bonds is 7. The molecule has 2 heteroatoms. The number of nitrogens with zero attached hydrogens (tertiary/aromatic N) is 1. The molecule has 0 bridgehead atoms. The summed E-state index contributed by atoms with van der Waals surface area (Å²) in [6, 6.07) is 31.4. The molecule has 0 aliphatic carbocycles. The molecule has 0 amide bonds. The highest BCUT2D eigenvalue weighted by atomic mass is 16.7. The molecule has 3 aromatic carbocycles. The molecule has 3 aromatic rings. The molecule has 0 N–H and O–H groups in total. The summed E-state index contributed by atoms with van der Waals surface area (Å²) >= 11 is 0. The van der Waals surface area contributed by atoms with Crippen LogP contribution in [-0.4, -0.2) is 11.7 Å². The third-order valence-electron chi connectivity index (χ3n) is 4.11. The molecule has 0 heterocycles. The van der Waals surface area contributed by atoms with E-state index in [1.165, 1.54) is 16.7 Å². The smallest absolute Gasteiger partial charge is 0.134 e. The monoisotopic (exact) mass is 318 g/mol. The molecule has 2 nitrogen and oxygen atoms in total. The average molecular weight is 318 g/mol. The van der Waals surface area contributed by atoms with E-state index in [0.717, 1.165) is 13.1 Å². The van der Waals surface area contributed by atoms with Crippen LogP contribution in [0.5, 0.6) is 0 Å². The molecule has 0 aliphatic rings. The average Bonchev–Trinajstić information content (AvgIpc) is 2.63. The highest BCUT2D eigenvalue weighted by Gasteiger charge is 2.25. The van der Waals surface area contributed by atoms with Gasteiger partial charge in [0, 0.05) is 11.1 Å². The van der Waals surface area contributed by atoms with E-state index < -0.39 is 0 Å². The van der Waals surface area contributed by atoms with Crippen LogP contribution in [0.2, 0.25) is 0 Å².